The molecule has 2 N–H and O–H groups in total. The largest absolute Gasteiger partial charge is 0.353 e. The van der Waals surface area contributed by atoms with Crippen molar-refractivity contribution in [3.8, 4) is 0 Å². The van der Waals surface area contributed by atoms with Crippen LogP contribution in [0.4, 0.5) is 0 Å². The van der Waals surface area contributed by atoms with Crippen molar-refractivity contribution in [2.45, 2.75) is 43.8 Å². The van der Waals surface area contributed by atoms with Gasteiger partial charge in [0.25, 0.3) is 0 Å². The summed E-state index contributed by atoms with van der Waals surface area (Å²) in [5.41, 5.74) is 0. The van der Waals surface area contributed by atoms with Gasteiger partial charge in [-0.15, -0.1) is 0 Å². The molecule has 2 heterocycles. The van der Waals surface area contributed by atoms with Crippen molar-refractivity contribution in [3.05, 3.63) is 0 Å². The number of thiocarbonyl (C=S) groups is 1. The predicted molar refractivity (Wildman–Crippen MR) is 74.8 cm³/mol. The summed E-state index contributed by atoms with van der Waals surface area (Å²) in [5, 5.41) is 4.11. The Labute approximate surface area is 114 Å². The molecule has 100 valence electrons. The van der Waals surface area contributed by atoms with Crippen molar-refractivity contribution in [1.82, 2.24) is 10.2 Å². The molecule has 4 aliphatic rings. The molecular formula is C12H19N2O2S2+. The molecule has 2 saturated carbocycles. The Kier molecular flexibility index (Phi) is 2.37. The molecule has 0 aromatic carbocycles. The Hall–Kier alpha value is -0.200. The number of rotatable bonds is 1. The van der Waals surface area contributed by atoms with Crippen LogP contribution in [0.25, 0.3) is 0 Å². The Balaban J connectivity index is 1.60. The monoisotopic (exact) mass is 287 g/mol. The topological polar surface area (TPSA) is 52.6 Å². The SMILES string of the molecule is O=[S+]1(O)C[C@@H]2NC(=S)N([C@H]3C[C@H]4CC[C@H]3C4)[C@H]2C1. The number of nitrogens with zero attached hydrogens (tertiary/aromatic N) is 1. The van der Waals surface area contributed by atoms with Gasteiger partial charge >= 0.3 is 0 Å². The van der Waals surface area contributed by atoms with Crippen LogP contribution in [0, 0.1) is 11.8 Å². The van der Waals surface area contributed by atoms with Crippen LogP contribution >= 0.6 is 12.2 Å². The minimum absolute atomic E-state index is 0.106. The zero-order valence-corrected chi connectivity index (χ0v) is 11.9. The second kappa shape index (κ2) is 3.67. The summed E-state index contributed by atoms with van der Waals surface area (Å²) in [7, 11) is -2.62. The van der Waals surface area contributed by atoms with E-state index < -0.39 is 10.2 Å². The molecule has 2 aliphatic heterocycles. The summed E-state index contributed by atoms with van der Waals surface area (Å²) in [5.74, 6) is 2.42. The first-order chi connectivity index (χ1) is 8.53. The molecule has 0 aromatic rings. The Morgan fingerprint density at radius 3 is 2.78 bits per heavy atom. The molecule has 0 radical (unpaired) electrons. The van der Waals surface area contributed by atoms with E-state index in [1.165, 1.54) is 25.7 Å². The minimum Gasteiger partial charge on any atom is -0.353 e. The Bertz CT molecular complexity index is 455. The number of nitrogens with one attached hydrogen (secondary N) is 1. The average Bonchev–Trinajstić information content (AvgIpc) is 2.96. The molecule has 2 aliphatic carbocycles. The van der Waals surface area contributed by atoms with Gasteiger partial charge < -0.3 is 10.2 Å². The van der Waals surface area contributed by atoms with Crippen LogP contribution in [0.5, 0.6) is 0 Å². The molecule has 6 heteroatoms. The lowest BCUT2D eigenvalue weighted by atomic mass is 9.93. The zero-order chi connectivity index (χ0) is 12.5. The van der Waals surface area contributed by atoms with Crippen molar-refractivity contribution in [2.24, 2.45) is 11.8 Å². The van der Waals surface area contributed by atoms with Gasteiger partial charge in [0.15, 0.2) is 16.6 Å². The van der Waals surface area contributed by atoms with Gasteiger partial charge in [-0.1, -0.05) is 10.6 Å². The van der Waals surface area contributed by atoms with E-state index >= 15 is 0 Å². The Morgan fingerprint density at radius 1 is 1.28 bits per heavy atom. The number of hydrogen-bond acceptors (Lipinski definition) is 2. The third-order valence-electron chi connectivity index (χ3n) is 5.29. The first kappa shape index (κ1) is 11.6. The van der Waals surface area contributed by atoms with Gasteiger partial charge in [0.1, 0.15) is 12.1 Å². The quantitative estimate of drug-likeness (QED) is 0.558. The summed E-state index contributed by atoms with van der Waals surface area (Å²) in [6.07, 6.45) is 5.28. The summed E-state index contributed by atoms with van der Waals surface area (Å²) in [6, 6.07) is 0.806. The normalized spacial score (nSPS) is 53.9. The Morgan fingerprint density at radius 2 is 2.11 bits per heavy atom. The second-order valence-electron chi connectivity index (χ2n) is 6.38. The van der Waals surface area contributed by atoms with Crippen LogP contribution in [0.15, 0.2) is 0 Å². The third-order valence-corrected chi connectivity index (χ3v) is 7.37. The van der Waals surface area contributed by atoms with Gasteiger partial charge in [-0.05, 0) is 43.3 Å². The van der Waals surface area contributed by atoms with Crippen molar-refractivity contribution < 1.29 is 8.76 Å². The summed E-state index contributed by atoms with van der Waals surface area (Å²) < 4.78 is 21.7. The van der Waals surface area contributed by atoms with E-state index in [1.807, 2.05) is 0 Å². The minimum atomic E-state index is -2.62. The molecular weight excluding hydrogens is 268 g/mol. The maximum atomic E-state index is 11.9. The van der Waals surface area contributed by atoms with E-state index in [9.17, 15) is 8.76 Å². The predicted octanol–water partition coefficient (Wildman–Crippen LogP) is 1.09. The van der Waals surface area contributed by atoms with Crippen LogP contribution in [-0.4, -0.2) is 44.2 Å². The number of hydrogen-bond donors (Lipinski definition) is 2. The summed E-state index contributed by atoms with van der Waals surface area (Å²) >= 11 is 5.46. The van der Waals surface area contributed by atoms with E-state index in [-0.39, 0.29) is 12.1 Å². The van der Waals surface area contributed by atoms with Crippen LogP contribution in [-0.2, 0) is 14.4 Å². The molecule has 1 unspecified atom stereocenters. The highest BCUT2D eigenvalue weighted by atomic mass is 32.3. The maximum absolute atomic E-state index is 11.9. The fraction of sp³-hybridized carbons (Fsp3) is 0.917. The molecule has 4 fully saturated rings. The van der Waals surface area contributed by atoms with Crippen molar-refractivity contribution in [1.29, 1.82) is 0 Å². The molecule has 4 nitrogen and oxygen atoms in total. The van der Waals surface area contributed by atoms with Gasteiger partial charge in [0.05, 0.1) is 0 Å². The molecule has 4 rings (SSSR count). The van der Waals surface area contributed by atoms with Crippen LogP contribution in [0.2, 0.25) is 0 Å². The molecule has 2 bridgehead atoms. The standard InChI is InChI=1S/C12H18N2O2S2/c15-18(16)5-9-11(6-18)14(12(17)13-9)10-4-7-1-2-8(10)3-7/h7-11H,1-6H2,(H-,13,15,16,17)/p+1/t7-,8-,9-,10-,11-/m0/s1. The highest BCUT2D eigenvalue weighted by Gasteiger charge is 2.57. The van der Waals surface area contributed by atoms with Gasteiger partial charge in [-0.2, -0.15) is 4.55 Å². The molecule has 0 amide bonds. The lowest BCUT2D eigenvalue weighted by molar-refractivity contribution is 0.200. The summed E-state index contributed by atoms with van der Waals surface area (Å²) in [6.45, 7) is 0. The third kappa shape index (κ3) is 1.58. The smallest absolute Gasteiger partial charge is 0.218 e. The van der Waals surface area contributed by atoms with E-state index in [1.54, 1.807) is 0 Å². The van der Waals surface area contributed by atoms with Crippen molar-refractivity contribution in [3.63, 3.8) is 0 Å². The van der Waals surface area contributed by atoms with Crippen molar-refractivity contribution in [2.75, 3.05) is 11.5 Å². The van der Waals surface area contributed by atoms with E-state index in [0.717, 1.165) is 16.9 Å². The lowest BCUT2D eigenvalue weighted by Gasteiger charge is -2.34. The number of fused-ring (bicyclic) bond motifs is 3. The maximum Gasteiger partial charge on any atom is 0.218 e. The van der Waals surface area contributed by atoms with Gasteiger partial charge in [-0.3, -0.25) is 0 Å². The van der Waals surface area contributed by atoms with Crippen LogP contribution in [0.1, 0.15) is 25.7 Å². The van der Waals surface area contributed by atoms with Crippen LogP contribution < -0.4 is 5.32 Å². The molecule has 2 saturated heterocycles. The fourth-order valence-corrected chi connectivity index (χ4v) is 6.94. The highest BCUT2D eigenvalue weighted by Crippen LogP contribution is 2.48. The van der Waals surface area contributed by atoms with Gasteiger partial charge in [-0.25, -0.2) is 0 Å². The van der Waals surface area contributed by atoms with Crippen LogP contribution in [0.3, 0.4) is 0 Å². The molecule has 0 aromatic heterocycles. The summed E-state index contributed by atoms with van der Waals surface area (Å²) in [4.78, 5) is 2.30. The average molecular weight is 287 g/mol. The van der Waals surface area contributed by atoms with E-state index in [4.69, 9.17) is 12.2 Å². The van der Waals surface area contributed by atoms with Gasteiger partial charge in [0, 0.05) is 6.04 Å². The first-order valence-electron chi connectivity index (χ1n) is 6.84. The van der Waals surface area contributed by atoms with Crippen molar-refractivity contribution >= 4 is 27.5 Å². The fourth-order valence-electron chi connectivity index (χ4n) is 4.59. The first-order valence-corrected chi connectivity index (χ1v) is 9.10. The molecule has 6 atom stereocenters. The van der Waals surface area contributed by atoms with E-state index in [0.29, 0.717) is 17.5 Å². The van der Waals surface area contributed by atoms with Gasteiger partial charge in [0.2, 0.25) is 10.2 Å². The molecule has 18 heavy (non-hydrogen) atoms. The lowest BCUT2D eigenvalue weighted by Crippen LogP contribution is -2.47. The van der Waals surface area contributed by atoms with E-state index in [2.05, 4.69) is 10.2 Å². The second-order valence-corrected chi connectivity index (χ2v) is 8.98. The molecule has 0 spiro atoms. The highest BCUT2D eigenvalue weighted by molar-refractivity contribution is 7.98. The zero-order valence-electron chi connectivity index (χ0n) is 10.2.